The van der Waals surface area contributed by atoms with E-state index >= 15 is 0 Å². The van der Waals surface area contributed by atoms with Crippen molar-refractivity contribution in [3.63, 3.8) is 0 Å². The van der Waals surface area contributed by atoms with Crippen molar-refractivity contribution in [3.8, 4) is 0 Å². The molecule has 3 heteroatoms. The molecular weight excluding hydrogens is 215 g/mol. The summed E-state index contributed by atoms with van der Waals surface area (Å²) in [5.74, 6) is 0.596. The van der Waals surface area contributed by atoms with E-state index < -0.39 is 0 Å². The molecule has 0 aromatic heterocycles. The van der Waals surface area contributed by atoms with E-state index in [1.165, 1.54) is 25.3 Å². The molecule has 1 atom stereocenters. The molecule has 1 aromatic carbocycles. The van der Waals surface area contributed by atoms with E-state index in [0.29, 0.717) is 6.54 Å². The van der Waals surface area contributed by atoms with E-state index in [0.717, 1.165) is 30.3 Å². The molecule has 0 bridgehead atoms. The SMILES string of the molecule is CC1CCCN(c2ccc(F)cc2CN)CC1. The maximum absolute atomic E-state index is 13.2. The monoisotopic (exact) mass is 236 g/mol. The van der Waals surface area contributed by atoms with Crippen LogP contribution in [0.4, 0.5) is 10.1 Å². The normalized spacial score (nSPS) is 21.4. The van der Waals surface area contributed by atoms with Gasteiger partial charge in [0.1, 0.15) is 5.82 Å². The highest BCUT2D eigenvalue weighted by Crippen LogP contribution is 2.26. The van der Waals surface area contributed by atoms with Gasteiger partial charge in [-0.2, -0.15) is 0 Å². The molecule has 1 aliphatic rings. The summed E-state index contributed by atoms with van der Waals surface area (Å²) < 4.78 is 13.2. The van der Waals surface area contributed by atoms with Crippen LogP contribution in [0.5, 0.6) is 0 Å². The van der Waals surface area contributed by atoms with Crippen molar-refractivity contribution in [1.82, 2.24) is 0 Å². The fourth-order valence-electron chi connectivity index (χ4n) is 2.53. The molecule has 0 aliphatic carbocycles. The summed E-state index contributed by atoms with van der Waals surface area (Å²) in [5.41, 5.74) is 7.73. The van der Waals surface area contributed by atoms with Crippen molar-refractivity contribution in [2.45, 2.75) is 32.7 Å². The Hall–Kier alpha value is -1.09. The lowest BCUT2D eigenvalue weighted by Gasteiger charge is -2.25. The van der Waals surface area contributed by atoms with Gasteiger partial charge in [0.05, 0.1) is 0 Å². The number of anilines is 1. The van der Waals surface area contributed by atoms with Crippen LogP contribution in [-0.4, -0.2) is 13.1 Å². The first-order valence-electron chi connectivity index (χ1n) is 6.44. The Morgan fingerprint density at radius 2 is 2.18 bits per heavy atom. The van der Waals surface area contributed by atoms with E-state index in [1.807, 2.05) is 6.07 Å². The van der Waals surface area contributed by atoms with E-state index in [2.05, 4.69) is 11.8 Å². The number of hydrogen-bond donors (Lipinski definition) is 1. The molecule has 1 saturated heterocycles. The zero-order chi connectivity index (χ0) is 12.3. The average Bonchev–Trinajstić information content (AvgIpc) is 2.54. The third-order valence-corrected chi connectivity index (χ3v) is 3.62. The molecule has 2 N–H and O–H groups in total. The summed E-state index contributed by atoms with van der Waals surface area (Å²) in [4.78, 5) is 2.35. The first kappa shape index (κ1) is 12.4. The van der Waals surface area contributed by atoms with Crippen molar-refractivity contribution >= 4 is 5.69 Å². The zero-order valence-electron chi connectivity index (χ0n) is 10.5. The zero-order valence-corrected chi connectivity index (χ0v) is 10.5. The maximum Gasteiger partial charge on any atom is 0.123 e. The van der Waals surface area contributed by atoms with Gasteiger partial charge in [-0.3, -0.25) is 0 Å². The van der Waals surface area contributed by atoms with Gasteiger partial charge in [0.15, 0.2) is 0 Å². The predicted molar refractivity (Wildman–Crippen MR) is 69.5 cm³/mol. The molecule has 0 spiro atoms. The molecule has 0 saturated carbocycles. The number of benzene rings is 1. The van der Waals surface area contributed by atoms with Crippen molar-refractivity contribution in [1.29, 1.82) is 0 Å². The summed E-state index contributed by atoms with van der Waals surface area (Å²) in [6.07, 6.45) is 3.71. The van der Waals surface area contributed by atoms with Crippen molar-refractivity contribution in [3.05, 3.63) is 29.6 Å². The van der Waals surface area contributed by atoms with Crippen LogP contribution in [-0.2, 0) is 6.54 Å². The molecule has 1 aliphatic heterocycles. The van der Waals surface area contributed by atoms with Gasteiger partial charge in [-0.1, -0.05) is 6.92 Å². The fraction of sp³-hybridized carbons (Fsp3) is 0.571. The molecule has 0 amide bonds. The molecule has 2 rings (SSSR count). The molecule has 17 heavy (non-hydrogen) atoms. The summed E-state index contributed by atoms with van der Waals surface area (Å²) in [6, 6.07) is 4.96. The van der Waals surface area contributed by atoms with Crippen LogP contribution in [0.25, 0.3) is 0 Å². The van der Waals surface area contributed by atoms with Crippen LogP contribution >= 0.6 is 0 Å². The minimum absolute atomic E-state index is 0.197. The van der Waals surface area contributed by atoms with E-state index in [4.69, 9.17) is 5.73 Å². The molecule has 2 nitrogen and oxygen atoms in total. The Morgan fingerprint density at radius 3 is 2.94 bits per heavy atom. The van der Waals surface area contributed by atoms with Gasteiger partial charge in [-0.05, 0) is 48.9 Å². The van der Waals surface area contributed by atoms with Crippen molar-refractivity contribution < 1.29 is 4.39 Å². The second-order valence-electron chi connectivity index (χ2n) is 5.00. The van der Waals surface area contributed by atoms with Crippen LogP contribution in [0.2, 0.25) is 0 Å². The minimum atomic E-state index is -0.197. The topological polar surface area (TPSA) is 29.3 Å². The largest absolute Gasteiger partial charge is 0.371 e. The highest BCUT2D eigenvalue weighted by Gasteiger charge is 2.16. The van der Waals surface area contributed by atoms with E-state index in [1.54, 1.807) is 6.07 Å². The smallest absolute Gasteiger partial charge is 0.123 e. The number of rotatable bonds is 2. The van der Waals surface area contributed by atoms with Crippen LogP contribution in [0.1, 0.15) is 31.7 Å². The van der Waals surface area contributed by atoms with Crippen LogP contribution in [0.15, 0.2) is 18.2 Å². The molecule has 0 radical (unpaired) electrons. The average molecular weight is 236 g/mol. The number of halogens is 1. The lowest BCUT2D eigenvalue weighted by molar-refractivity contribution is 0.521. The number of nitrogens with two attached hydrogens (primary N) is 1. The molecule has 94 valence electrons. The quantitative estimate of drug-likeness (QED) is 0.855. The molecule has 1 unspecified atom stereocenters. The van der Waals surface area contributed by atoms with Crippen LogP contribution in [0.3, 0.4) is 0 Å². The Balaban J connectivity index is 2.20. The third-order valence-electron chi connectivity index (χ3n) is 3.62. The van der Waals surface area contributed by atoms with Crippen molar-refractivity contribution in [2.24, 2.45) is 11.7 Å². The van der Waals surface area contributed by atoms with Gasteiger partial charge in [0, 0.05) is 25.3 Å². The molecule has 1 heterocycles. The fourth-order valence-corrected chi connectivity index (χ4v) is 2.53. The molecule has 1 aromatic rings. The second kappa shape index (κ2) is 5.50. The van der Waals surface area contributed by atoms with Gasteiger partial charge in [-0.25, -0.2) is 4.39 Å². The van der Waals surface area contributed by atoms with E-state index in [9.17, 15) is 4.39 Å². The summed E-state index contributed by atoms with van der Waals surface area (Å²) in [5, 5.41) is 0. The lowest BCUT2D eigenvalue weighted by atomic mass is 10.0. The standard InChI is InChI=1S/C14H21FN2/c1-11-3-2-7-17(8-6-11)14-5-4-13(15)9-12(14)10-16/h4-5,9,11H,2-3,6-8,10,16H2,1H3. The van der Waals surface area contributed by atoms with Crippen molar-refractivity contribution in [2.75, 3.05) is 18.0 Å². The Bertz CT molecular complexity index is 378. The van der Waals surface area contributed by atoms with Crippen LogP contribution < -0.4 is 10.6 Å². The summed E-state index contributed by atoms with van der Waals surface area (Å²) in [7, 11) is 0. The third kappa shape index (κ3) is 2.97. The minimum Gasteiger partial charge on any atom is -0.371 e. The first-order valence-corrected chi connectivity index (χ1v) is 6.44. The van der Waals surface area contributed by atoms with E-state index in [-0.39, 0.29) is 5.82 Å². The van der Waals surface area contributed by atoms with Gasteiger partial charge in [0.2, 0.25) is 0 Å². The van der Waals surface area contributed by atoms with Gasteiger partial charge in [-0.15, -0.1) is 0 Å². The lowest BCUT2D eigenvalue weighted by Crippen LogP contribution is -2.25. The Morgan fingerprint density at radius 1 is 1.35 bits per heavy atom. The summed E-state index contributed by atoms with van der Waals surface area (Å²) in [6.45, 7) is 4.82. The highest BCUT2D eigenvalue weighted by atomic mass is 19.1. The highest BCUT2D eigenvalue weighted by molar-refractivity contribution is 5.54. The second-order valence-corrected chi connectivity index (χ2v) is 5.00. The first-order chi connectivity index (χ1) is 8.20. The van der Waals surface area contributed by atoms with Gasteiger partial charge < -0.3 is 10.6 Å². The number of hydrogen-bond acceptors (Lipinski definition) is 2. The predicted octanol–water partition coefficient (Wildman–Crippen LogP) is 2.91. The Kier molecular flexibility index (Phi) is 4.00. The summed E-state index contributed by atoms with van der Waals surface area (Å²) >= 11 is 0. The van der Waals surface area contributed by atoms with Crippen LogP contribution in [0, 0.1) is 11.7 Å². The number of nitrogens with zero attached hydrogens (tertiary/aromatic N) is 1. The maximum atomic E-state index is 13.2. The molecular formula is C14H21FN2. The Labute approximate surface area is 103 Å². The van der Waals surface area contributed by atoms with Gasteiger partial charge in [0.25, 0.3) is 0 Å². The molecule has 1 fully saturated rings. The van der Waals surface area contributed by atoms with Gasteiger partial charge >= 0.3 is 0 Å².